The zero-order valence-electron chi connectivity index (χ0n) is 6.16. The number of benzene rings is 1. The third kappa shape index (κ3) is 1.21. The van der Waals surface area contributed by atoms with E-state index >= 15 is 0 Å². The molecule has 1 aromatic carbocycles. The summed E-state index contributed by atoms with van der Waals surface area (Å²) in [5, 5.41) is 11.0. The maximum Gasteiger partial charge on any atom is 0.201 e. The highest BCUT2D eigenvalue weighted by Gasteiger charge is 2.00. The van der Waals surface area contributed by atoms with E-state index in [4.69, 9.17) is 0 Å². The minimum atomic E-state index is 0.0764. The Kier molecular flexibility index (Phi) is 1.81. The van der Waals surface area contributed by atoms with Crippen molar-refractivity contribution in [3.63, 3.8) is 0 Å². The Balaban J connectivity index is 3.03. The Morgan fingerprint density at radius 1 is 1.20 bits per heavy atom. The average Bonchev–Trinajstić information content (AvgIpc) is 1.88. The van der Waals surface area contributed by atoms with Crippen LogP contribution in [0.2, 0.25) is 0 Å². The molecule has 0 bridgehead atoms. The predicted molar refractivity (Wildman–Crippen MR) is 40.9 cm³/mol. The maximum absolute atomic E-state index is 11.0. The number of rotatable bonds is 1. The lowest BCUT2D eigenvalue weighted by atomic mass is 10.3. The average molecular weight is 136 g/mol. The molecule has 0 atom stereocenters. The van der Waals surface area contributed by atoms with Crippen molar-refractivity contribution in [3.05, 3.63) is 24.3 Å². The van der Waals surface area contributed by atoms with E-state index in [2.05, 4.69) is 0 Å². The highest BCUT2D eigenvalue weighted by molar-refractivity contribution is 5.56. The van der Waals surface area contributed by atoms with Crippen LogP contribution in [0.15, 0.2) is 24.3 Å². The molecule has 1 aromatic rings. The van der Waals surface area contributed by atoms with Crippen molar-refractivity contribution in [1.82, 2.24) is 0 Å². The molecule has 0 saturated carbocycles. The van der Waals surface area contributed by atoms with E-state index in [0.29, 0.717) is 0 Å². The van der Waals surface area contributed by atoms with E-state index in [-0.39, 0.29) is 5.75 Å². The highest BCUT2D eigenvalue weighted by Crippen LogP contribution is 2.24. The molecule has 53 valence electrons. The van der Waals surface area contributed by atoms with Crippen LogP contribution in [0.4, 0.5) is 5.69 Å². The maximum atomic E-state index is 11.0. The van der Waals surface area contributed by atoms with Gasteiger partial charge in [-0.1, -0.05) is 12.1 Å². The fourth-order valence-corrected chi connectivity index (χ4v) is 0.827. The van der Waals surface area contributed by atoms with Crippen molar-refractivity contribution in [2.75, 3.05) is 19.0 Å². The Bertz CT molecular complexity index is 220. The van der Waals surface area contributed by atoms with Crippen molar-refractivity contribution in [3.8, 4) is 5.75 Å². The molecule has 0 fully saturated rings. The van der Waals surface area contributed by atoms with Gasteiger partial charge in [0.2, 0.25) is 5.75 Å². The first kappa shape index (κ1) is 6.93. The van der Waals surface area contributed by atoms with Crippen molar-refractivity contribution in [2.24, 2.45) is 0 Å². The quantitative estimate of drug-likeness (QED) is 0.578. The van der Waals surface area contributed by atoms with Gasteiger partial charge in [0.25, 0.3) is 0 Å². The van der Waals surface area contributed by atoms with Gasteiger partial charge >= 0.3 is 0 Å². The van der Waals surface area contributed by atoms with Gasteiger partial charge in [-0.2, -0.15) is 0 Å². The molecule has 0 saturated heterocycles. The fourth-order valence-electron chi connectivity index (χ4n) is 0.827. The molecule has 0 N–H and O–H groups in total. The molecule has 0 spiro atoms. The number of hydrogen-bond donors (Lipinski definition) is 0. The Morgan fingerprint density at radius 3 is 2.20 bits per heavy atom. The van der Waals surface area contributed by atoms with E-state index in [0.717, 1.165) is 5.69 Å². The van der Waals surface area contributed by atoms with Crippen LogP contribution < -0.4 is 4.90 Å². The number of anilines is 1. The summed E-state index contributed by atoms with van der Waals surface area (Å²) >= 11 is 0. The van der Waals surface area contributed by atoms with Gasteiger partial charge in [0.15, 0.2) is 0 Å². The largest absolute Gasteiger partial charge is 0.375 e. The van der Waals surface area contributed by atoms with Crippen molar-refractivity contribution in [2.45, 2.75) is 0 Å². The second-order valence-electron chi connectivity index (χ2n) is 2.36. The van der Waals surface area contributed by atoms with Gasteiger partial charge in [0, 0.05) is 14.1 Å². The van der Waals surface area contributed by atoms with E-state index in [1.54, 1.807) is 12.1 Å². The Morgan fingerprint density at radius 2 is 1.80 bits per heavy atom. The van der Waals surface area contributed by atoms with Crippen molar-refractivity contribution >= 4 is 5.69 Å². The first-order valence-electron chi connectivity index (χ1n) is 3.15. The molecule has 1 radical (unpaired) electrons. The molecule has 2 nitrogen and oxygen atoms in total. The molecule has 2 heteroatoms. The molecule has 0 aromatic heterocycles. The van der Waals surface area contributed by atoms with Crippen LogP contribution in [0.25, 0.3) is 0 Å². The van der Waals surface area contributed by atoms with Crippen LogP contribution >= 0.6 is 0 Å². The van der Waals surface area contributed by atoms with E-state index in [1.807, 2.05) is 31.1 Å². The van der Waals surface area contributed by atoms with Gasteiger partial charge in [0.1, 0.15) is 0 Å². The van der Waals surface area contributed by atoms with Crippen molar-refractivity contribution in [1.29, 1.82) is 0 Å². The summed E-state index contributed by atoms with van der Waals surface area (Å²) < 4.78 is 0. The van der Waals surface area contributed by atoms with Gasteiger partial charge in [-0.05, 0) is 12.1 Å². The zero-order valence-corrected chi connectivity index (χ0v) is 6.16. The summed E-state index contributed by atoms with van der Waals surface area (Å²) in [5.41, 5.74) is 0.738. The summed E-state index contributed by atoms with van der Waals surface area (Å²) in [6.45, 7) is 0. The third-order valence-corrected chi connectivity index (χ3v) is 1.35. The summed E-state index contributed by atoms with van der Waals surface area (Å²) in [7, 11) is 3.72. The summed E-state index contributed by atoms with van der Waals surface area (Å²) in [4.78, 5) is 1.81. The molecule has 0 amide bonds. The van der Waals surface area contributed by atoms with Gasteiger partial charge in [0.05, 0.1) is 5.69 Å². The molecule has 0 aliphatic carbocycles. The smallest absolute Gasteiger partial charge is 0.201 e. The lowest BCUT2D eigenvalue weighted by Crippen LogP contribution is -2.07. The van der Waals surface area contributed by atoms with Gasteiger partial charge in [-0.15, -0.1) is 0 Å². The minimum absolute atomic E-state index is 0.0764. The lowest BCUT2D eigenvalue weighted by molar-refractivity contribution is 0.356. The minimum Gasteiger partial charge on any atom is -0.375 e. The molecule has 0 unspecified atom stereocenters. The summed E-state index contributed by atoms with van der Waals surface area (Å²) in [6, 6.07) is 6.98. The summed E-state index contributed by atoms with van der Waals surface area (Å²) in [6.07, 6.45) is 0. The highest BCUT2D eigenvalue weighted by atomic mass is 16.3. The van der Waals surface area contributed by atoms with Gasteiger partial charge in [-0.3, -0.25) is 5.11 Å². The number of para-hydroxylation sites is 2. The van der Waals surface area contributed by atoms with E-state index in [9.17, 15) is 5.11 Å². The van der Waals surface area contributed by atoms with Gasteiger partial charge in [-0.25, -0.2) is 0 Å². The fraction of sp³-hybridized carbons (Fsp3) is 0.250. The molecule has 0 aliphatic rings. The topological polar surface area (TPSA) is 23.1 Å². The van der Waals surface area contributed by atoms with Crippen LogP contribution in [0, 0.1) is 0 Å². The lowest BCUT2D eigenvalue weighted by Gasteiger charge is -2.11. The van der Waals surface area contributed by atoms with Crippen LogP contribution in [0.1, 0.15) is 0 Å². The first-order chi connectivity index (χ1) is 4.72. The number of nitrogens with zero attached hydrogens (tertiary/aromatic N) is 1. The second kappa shape index (κ2) is 2.60. The number of hydrogen-bond acceptors (Lipinski definition) is 1. The standard InChI is InChI=1S/C8H10NO/c1-9(2)7-5-3-4-6-8(7)10/h3-6H,1-2H3. The van der Waals surface area contributed by atoms with Crippen LogP contribution in [-0.4, -0.2) is 14.1 Å². The van der Waals surface area contributed by atoms with Crippen LogP contribution in [-0.2, 0) is 5.11 Å². The molecule has 0 aliphatic heterocycles. The van der Waals surface area contributed by atoms with E-state index in [1.165, 1.54) is 0 Å². The normalized spacial score (nSPS) is 9.40. The molecule has 0 heterocycles. The van der Waals surface area contributed by atoms with Crippen LogP contribution in [0.3, 0.4) is 0 Å². The molecular formula is C8H10NO. The first-order valence-corrected chi connectivity index (χ1v) is 3.15. The monoisotopic (exact) mass is 136 g/mol. The van der Waals surface area contributed by atoms with Crippen molar-refractivity contribution < 1.29 is 5.11 Å². The molecule has 1 rings (SSSR count). The SMILES string of the molecule is CN(C)c1ccccc1[O]. The predicted octanol–water partition coefficient (Wildman–Crippen LogP) is 1.90. The molecular weight excluding hydrogens is 126 g/mol. The Labute approximate surface area is 60.7 Å². The Hall–Kier alpha value is -1.18. The van der Waals surface area contributed by atoms with Crippen LogP contribution in [0.5, 0.6) is 5.75 Å². The van der Waals surface area contributed by atoms with E-state index < -0.39 is 0 Å². The third-order valence-electron chi connectivity index (χ3n) is 1.35. The molecule has 10 heavy (non-hydrogen) atoms. The second-order valence-corrected chi connectivity index (χ2v) is 2.36. The summed E-state index contributed by atoms with van der Waals surface area (Å²) in [5.74, 6) is 0.0764. The van der Waals surface area contributed by atoms with Gasteiger partial charge < -0.3 is 4.90 Å². The zero-order chi connectivity index (χ0) is 7.56.